The molecule has 352 valence electrons. The van der Waals surface area contributed by atoms with Crippen LogP contribution in [0.15, 0.2) is 194 Å². The summed E-state index contributed by atoms with van der Waals surface area (Å²) >= 11 is 0. The van der Waals surface area contributed by atoms with Crippen molar-refractivity contribution in [3.05, 3.63) is 217 Å². The summed E-state index contributed by atoms with van der Waals surface area (Å²) in [6.07, 6.45) is 1.91. The van der Waals surface area contributed by atoms with Gasteiger partial charge in [-0.15, -0.1) is 0 Å². The molecule has 10 rings (SSSR count). The lowest BCUT2D eigenvalue weighted by Crippen LogP contribution is -2.17. The minimum absolute atomic E-state index is 0.102. The van der Waals surface area contributed by atoms with Gasteiger partial charge in [0.05, 0.1) is 28.0 Å². The maximum absolute atomic E-state index is 12.6. The van der Waals surface area contributed by atoms with Crippen molar-refractivity contribution in [2.75, 3.05) is 0 Å². The van der Waals surface area contributed by atoms with Gasteiger partial charge >= 0.3 is 0 Å². The van der Waals surface area contributed by atoms with Gasteiger partial charge in [0.2, 0.25) is 0 Å². The summed E-state index contributed by atoms with van der Waals surface area (Å²) < 4.78 is 2.28. The lowest BCUT2D eigenvalue weighted by Gasteiger charge is -2.28. The summed E-state index contributed by atoms with van der Waals surface area (Å²) in [4.78, 5) is 10.7. The van der Waals surface area contributed by atoms with Gasteiger partial charge < -0.3 is 5.11 Å². The second-order valence-corrected chi connectivity index (χ2v) is 22.2. The number of pyridine rings is 1. The van der Waals surface area contributed by atoms with Crippen molar-refractivity contribution in [2.45, 2.75) is 85.5 Å². The van der Waals surface area contributed by atoms with Crippen molar-refractivity contribution in [1.82, 2.24) is 14.5 Å². The molecular weight excluding hydrogens is 863 g/mol. The Balaban J connectivity index is 1.24. The van der Waals surface area contributed by atoms with Gasteiger partial charge in [-0.3, -0.25) is 9.55 Å². The maximum atomic E-state index is 12.6. The third-order valence-corrected chi connectivity index (χ3v) is 13.9. The van der Waals surface area contributed by atoms with Crippen molar-refractivity contribution in [3.8, 4) is 89.7 Å². The first-order chi connectivity index (χ1) is 33.9. The highest BCUT2D eigenvalue weighted by molar-refractivity contribution is 5.98. The standard InChI is InChI=1S/C67H63N3O/c1-43-36-48(61-53(46-26-18-13-19-27-46)28-20-30-56(61)66(5,6)7)32-33-59(43)70-60-31-21-29-54(62(60)69-64(70)55-41-52(65(2,3)4)42-57(63(55)71)67(8,9)10)50-37-49(45-24-16-12-17-25-45)38-51(39-50)58-40-47(34-35-68-58)44-22-14-11-15-23-44/h11-42,71H,1-10H3. The minimum Gasteiger partial charge on any atom is -0.507 e. The molecule has 0 fully saturated rings. The molecule has 0 aliphatic carbocycles. The number of aromatic hydroxyl groups is 1. The van der Waals surface area contributed by atoms with E-state index in [1.807, 2.05) is 12.3 Å². The van der Waals surface area contributed by atoms with Crippen molar-refractivity contribution < 1.29 is 5.11 Å². The number of benzene rings is 8. The summed E-state index contributed by atoms with van der Waals surface area (Å²) in [6, 6.07) is 67.2. The molecule has 0 spiro atoms. The highest BCUT2D eigenvalue weighted by Gasteiger charge is 2.30. The predicted octanol–water partition coefficient (Wildman–Crippen LogP) is 18.0. The molecule has 0 amide bonds. The quantitative estimate of drug-likeness (QED) is 0.165. The average Bonchev–Trinajstić information content (AvgIpc) is 3.75. The summed E-state index contributed by atoms with van der Waals surface area (Å²) in [5.41, 5.74) is 20.4. The smallest absolute Gasteiger partial charge is 0.149 e. The second-order valence-electron chi connectivity index (χ2n) is 22.2. The lowest BCUT2D eigenvalue weighted by atomic mass is 9.78. The lowest BCUT2D eigenvalue weighted by molar-refractivity contribution is 0.446. The van der Waals surface area contributed by atoms with Crippen molar-refractivity contribution in [3.63, 3.8) is 0 Å². The Labute approximate surface area is 420 Å². The van der Waals surface area contributed by atoms with Crippen LogP contribution in [-0.2, 0) is 16.2 Å². The van der Waals surface area contributed by atoms with E-state index in [-0.39, 0.29) is 22.0 Å². The van der Waals surface area contributed by atoms with Crippen LogP contribution in [0.1, 0.15) is 84.6 Å². The molecule has 2 heterocycles. The van der Waals surface area contributed by atoms with Gasteiger partial charge in [-0.05, 0) is 145 Å². The molecule has 4 heteroatoms. The fourth-order valence-electron chi connectivity index (χ4n) is 10.1. The molecule has 1 N–H and O–H groups in total. The molecule has 0 saturated heterocycles. The van der Waals surface area contributed by atoms with Crippen LogP contribution < -0.4 is 0 Å². The summed E-state index contributed by atoms with van der Waals surface area (Å²) in [7, 11) is 0. The molecule has 4 nitrogen and oxygen atoms in total. The maximum Gasteiger partial charge on any atom is 0.149 e. The van der Waals surface area contributed by atoms with Gasteiger partial charge in [0.25, 0.3) is 0 Å². The number of fused-ring (bicyclic) bond motifs is 1. The second kappa shape index (κ2) is 18.2. The van der Waals surface area contributed by atoms with Crippen LogP contribution in [0.2, 0.25) is 0 Å². The Kier molecular flexibility index (Phi) is 12.0. The predicted molar refractivity (Wildman–Crippen MR) is 299 cm³/mol. The normalized spacial score (nSPS) is 12.1. The first-order valence-electron chi connectivity index (χ1n) is 24.9. The van der Waals surface area contributed by atoms with Crippen LogP contribution >= 0.6 is 0 Å². The SMILES string of the molecule is Cc1cc(-c2c(-c3ccccc3)cccc2C(C)(C)C)ccc1-n1c(-c2cc(C(C)(C)C)cc(C(C)(C)C)c2O)nc2c(-c3cc(-c4ccccc4)cc(-c4cc(-c5ccccc5)ccn4)c3)cccc21. The van der Waals surface area contributed by atoms with E-state index in [1.54, 1.807) is 0 Å². The van der Waals surface area contributed by atoms with Crippen molar-refractivity contribution in [1.29, 1.82) is 0 Å². The molecule has 71 heavy (non-hydrogen) atoms. The number of hydrogen-bond acceptors (Lipinski definition) is 3. The molecule has 0 unspecified atom stereocenters. The third-order valence-electron chi connectivity index (χ3n) is 13.9. The highest BCUT2D eigenvalue weighted by Crippen LogP contribution is 2.47. The average molecular weight is 926 g/mol. The molecule has 0 atom stereocenters. The molecule has 0 aliphatic rings. The van der Waals surface area contributed by atoms with Crippen LogP contribution in [0.5, 0.6) is 5.75 Å². The van der Waals surface area contributed by atoms with E-state index in [4.69, 9.17) is 9.97 Å². The van der Waals surface area contributed by atoms with Crippen LogP contribution in [0.25, 0.3) is 95.0 Å². The van der Waals surface area contributed by atoms with Gasteiger partial charge in [-0.2, -0.15) is 0 Å². The summed E-state index contributed by atoms with van der Waals surface area (Å²) in [6.45, 7) is 22.3. The van der Waals surface area contributed by atoms with E-state index in [0.717, 1.165) is 83.6 Å². The Hall–Kier alpha value is -7.82. The van der Waals surface area contributed by atoms with Gasteiger partial charge in [0.1, 0.15) is 11.6 Å². The van der Waals surface area contributed by atoms with Gasteiger partial charge in [0.15, 0.2) is 0 Å². The first-order valence-corrected chi connectivity index (χ1v) is 24.9. The number of aryl methyl sites for hydroxylation is 1. The third kappa shape index (κ3) is 9.12. The van der Waals surface area contributed by atoms with Crippen molar-refractivity contribution >= 4 is 11.0 Å². The zero-order chi connectivity index (χ0) is 49.8. The number of aromatic nitrogens is 3. The van der Waals surface area contributed by atoms with Gasteiger partial charge in [0, 0.05) is 22.9 Å². The Bertz CT molecular complexity index is 3580. The molecule has 10 aromatic rings. The monoisotopic (exact) mass is 925 g/mol. The van der Waals surface area contributed by atoms with Gasteiger partial charge in [-0.25, -0.2) is 4.98 Å². The first kappa shape index (κ1) is 46.9. The fraction of sp³-hybridized carbons (Fsp3) is 0.194. The van der Waals surface area contributed by atoms with E-state index in [2.05, 4.69) is 256 Å². The van der Waals surface area contributed by atoms with Crippen LogP contribution in [0.3, 0.4) is 0 Å². The topological polar surface area (TPSA) is 50.9 Å². The van der Waals surface area contributed by atoms with Crippen LogP contribution in [0.4, 0.5) is 0 Å². The van der Waals surface area contributed by atoms with E-state index in [9.17, 15) is 5.11 Å². The van der Waals surface area contributed by atoms with Crippen LogP contribution in [0, 0.1) is 6.92 Å². The number of para-hydroxylation sites is 1. The zero-order valence-electron chi connectivity index (χ0n) is 42.8. The van der Waals surface area contributed by atoms with Crippen LogP contribution in [-0.4, -0.2) is 19.6 Å². The fourth-order valence-corrected chi connectivity index (χ4v) is 10.1. The van der Waals surface area contributed by atoms with Gasteiger partial charge in [-0.1, -0.05) is 196 Å². The van der Waals surface area contributed by atoms with E-state index >= 15 is 0 Å². The molecule has 2 aromatic heterocycles. The number of nitrogens with zero attached hydrogens (tertiary/aromatic N) is 3. The molecule has 0 saturated carbocycles. The number of hydrogen-bond donors (Lipinski definition) is 1. The highest BCUT2D eigenvalue weighted by atomic mass is 16.3. The Morgan fingerprint density at radius 2 is 1.01 bits per heavy atom. The minimum atomic E-state index is -0.337. The summed E-state index contributed by atoms with van der Waals surface area (Å²) in [5.74, 6) is 0.941. The number of rotatable bonds is 8. The molecule has 0 radical (unpaired) electrons. The molecular formula is C67H63N3O. The molecule has 0 bridgehead atoms. The van der Waals surface area contributed by atoms with E-state index < -0.39 is 0 Å². The van der Waals surface area contributed by atoms with E-state index in [1.165, 1.54) is 22.3 Å². The molecule has 8 aromatic carbocycles. The molecule has 0 aliphatic heterocycles. The summed E-state index contributed by atoms with van der Waals surface area (Å²) in [5, 5.41) is 12.6. The zero-order valence-corrected chi connectivity index (χ0v) is 42.8. The van der Waals surface area contributed by atoms with E-state index in [0.29, 0.717) is 11.4 Å². The Morgan fingerprint density at radius 1 is 0.423 bits per heavy atom. The Morgan fingerprint density at radius 3 is 1.65 bits per heavy atom. The largest absolute Gasteiger partial charge is 0.507 e. The number of imidazole rings is 1. The number of phenolic OH excluding ortho intramolecular Hbond substituents is 1. The number of phenols is 1. The van der Waals surface area contributed by atoms with Crippen molar-refractivity contribution in [2.24, 2.45) is 0 Å².